The summed E-state index contributed by atoms with van der Waals surface area (Å²) in [4.78, 5) is 4.55. The van der Waals surface area contributed by atoms with Gasteiger partial charge in [0, 0.05) is 5.56 Å². The molecule has 0 spiro atoms. The number of aryl methyl sites for hydroxylation is 1. The fourth-order valence-electron chi connectivity index (χ4n) is 3.89. The Bertz CT molecular complexity index is 1070. The zero-order valence-electron chi connectivity index (χ0n) is 16.0. The maximum Gasteiger partial charge on any atom is 0.227 e. The van der Waals surface area contributed by atoms with Gasteiger partial charge in [-0.05, 0) is 53.8 Å². The van der Waals surface area contributed by atoms with E-state index in [1.165, 1.54) is 11.1 Å². The highest BCUT2D eigenvalue weighted by atomic mass is 35.5. The molecule has 0 aliphatic heterocycles. The average Bonchev–Trinajstić information content (AvgIpc) is 3.18. The van der Waals surface area contributed by atoms with E-state index in [1.54, 1.807) is 0 Å². The SMILES string of the molecule is Cl.N[C@@H]1c2ccccc2CC[C@H]1OCc1ccc(-c2nc3ccccc3o2)cc1. The zero-order chi connectivity index (χ0) is 18.9. The highest BCUT2D eigenvalue weighted by Gasteiger charge is 2.26. The highest BCUT2D eigenvalue weighted by Crippen LogP contribution is 2.31. The normalized spacial score (nSPS) is 18.2. The van der Waals surface area contributed by atoms with Crippen LogP contribution < -0.4 is 5.73 Å². The van der Waals surface area contributed by atoms with Gasteiger partial charge in [0.2, 0.25) is 5.89 Å². The van der Waals surface area contributed by atoms with Crippen LogP contribution >= 0.6 is 12.4 Å². The Morgan fingerprint density at radius 3 is 2.55 bits per heavy atom. The van der Waals surface area contributed by atoms with Crippen LogP contribution in [0.15, 0.2) is 77.2 Å². The lowest BCUT2D eigenvalue weighted by molar-refractivity contribution is 0.0135. The molecule has 1 aliphatic rings. The molecular formula is C24H23ClN2O2. The van der Waals surface area contributed by atoms with Crippen LogP contribution in [0.25, 0.3) is 22.6 Å². The molecule has 0 unspecified atom stereocenters. The molecule has 0 fully saturated rings. The molecule has 5 heteroatoms. The minimum absolute atomic E-state index is 0. The van der Waals surface area contributed by atoms with Crippen molar-refractivity contribution in [2.24, 2.45) is 5.73 Å². The van der Waals surface area contributed by atoms with Crippen LogP contribution in [-0.4, -0.2) is 11.1 Å². The first-order valence-corrected chi connectivity index (χ1v) is 9.68. The van der Waals surface area contributed by atoms with Crippen molar-refractivity contribution in [1.82, 2.24) is 4.98 Å². The molecule has 0 radical (unpaired) electrons. The van der Waals surface area contributed by atoms with Gasteiger partial charge in [0.05, 0.1) is 18.8 Å². The van der Waals surface area contributed by atoms with E-state index in [9.17, 15) is 0 Å². The van der Waals surface area contributed by atoms with Crippen molar-refractivity contribution in [3.8, 4) is 11.5 Å². The highest BCUT2D eigenvalue weighted by molar-refractivity contribution is 5.85. The first-order chi connectivity index (χ1) is 13.8. The first kappa shape index (κ1) is 19.6. The standard InChI is InChI=1S/C24H22N2O2.ClH/c25-23-19-6-2-1-5-17(19)13-14-22(23)27-15-16-9-11-18(12-10-16)24-26-20-7-3-4-8-21(20)28-24;/h1-12,22-23H,13-15,25H2;1H/t22-,23-;/m1./s1. The van der Waals surface area contributed by atoms with Crippen LogP contribution in [0.3, 0.4) is 0 Å². The molecule has 4 aromatic rings. The van der Waals surface area contributed by atoms with Gasteiger partial charge in [0.1, 0.15) is 5.52 Å². The first-order valence-electron chi connectivity index (χ1n) is 9.68. The molecule has 0 amide bonds. The second-order valence-corrected chi connectivity index (χ2v) is 7.30. The summed E-state index contributed by atoms with van der Waals surface area (Å²) >= 11 is 0. The molecule has 0 saturated heterocycles. The van der Waals surface area contributed by atoms with Gasteiger partial charge in [-0.25, -0.2) is 4.98 Å². The molecule has 5 rings (SSSR count). The summed E-state index contributed by atoms with van der Waals surface area (Å²) in [6, 6.07) is 24.3. The van der Waals surface area contributed by atoms with Gasteiger partial charge >= 0.3 is 0 Å². The third kappa shape index (κ3) is 3.92. The number of hydrogen-bond donors (Lipinski definition) is 1. The largest absolute Gasteiger partial charge is 0.436 e. The Balaban J connectivity index is 0.00000205. The predicted molar refractivity (Wildman–Crippen MR) is 117 cm³/mol. The van der Waals surface area contributed by atoms with Crippen LogP contribution in [0, 0.1) is 0 Å². The van der Waals surface area contributed by atoms with Crippen LogP contribution in [0.1, 0.15) is 29.2 Å². The molecule has 0 saturated carbocycles. The van der Waals surface area contributed by atoms with Gasteiger partial charge in [-0.15, -0.1) is 12.4 Å². The number of nitrogens with two attached hydrogens (primary N) is 1. The minimum atomic E-state index is -0.0658. The number of benzene rings is 3. The maximum absolute atomic E-state index is 6.45. The van der Waals surface area contributed by atoms with Crippen molar-refractivity contribution in [2.75, 3.05) is 0 Å². The van der Waals surface area contributed by atoms with E-state index in [-0.39, 0.29) is 24.6 Å². The molecule has 3 aromatic carbocycles. The molecule has 2 atom stereocenters. The number of para-hydroxylation sites is 2. The lowest BCUT2D eigenvalue weighted by Gasteiger charge is -2.31. The van der Waals surface area contributed by atoms with E-state index >= 15 is 0 Å². The van der Waals surface area contributed by atoms with E-state index in [1.807, 2.05) is 42.5 Å². The second kappa shape index (κ2) is 8.37. The van der Waals surface area contributed by atoms with Crippen molar-refractivity contribution in [3.05, 3.63) is 89.5 Å². The number of hydrogen-bond acceptors (Lipinski definition) is 4. The smallest absolute Gasteiger partial charge is 0.227 e. The van der Waals surface area contributed by atoms with E-state index in [0.29, 0.717) is 12.5 Å². The zero-order valence-corrected chi connectivity index (χ0v) is 16.8. The third-order valence-electron chi connectivity index (χ3n) is 5.47. The number of halogens is 1. The van der Waals surface area contributed by atoms with Crippen molar-refractivity contribution in [1.29, 1.82) is 0 Å². The Morgan fingerprint density at radius 1 is 0.966 bits per heavy atom. The summed E-state index contributed by atoms with van der Waals surface area (Å²) in [5.41, 5.74) is 12.8. The van der Waals surface area contributed by atoms with Gasteiger partial charge in [-0.1, -0.05) is 48.5 Å². The van der Waals surface area contributed by atoms with Crippen molar-refractivity contribution >= 4 is 23.5 Å². The Kier molecular flexibility index (Phi) is 5.67. The molecule has 1 heterocycles. The predicted octanol–water partition coefficient (Wildman–Crippen LogP) is 5.45. The van der Waals surface area contributed by atoms with Gasteiger partial charge in [-0.3, -0.25) is 0 Å². The Hall–Kier alpha value is -2.66. The fraction of sp³-hybridized carbons (Fsp3) is 0.208. The van der Waals surface area contributed by atoms with Crippen LogP contribution in [0.4, 0.5) is 0 Å². The maximum atomic E-state index is 6.45. The molecule has 4 nitrogen and oxygen atoms in total. The lowest BCUT2D eigenvalue weighted by Crippen LogP contribution is -2.33. The molecule has 0 bridgehead atoms. The average molecular weight is 407 g/mol. The van der Waals surface area contributed by atoms with Gasteiger partial charge in [-0.2, -0.15) is 0 Å². The van der Waals surface area contributed by atoms with Gasteiger partial charge in [0.25, 0.3) is 0 Å². The minimum Gasteiger partial charge on any atom is -0.436 e. The van der Waals surface area contributed by atoms with Crippen LogP contribution in [0.2, 0.25) is 0 Å². The molecule has 1 aromatic heterocycles. The van der Waals surface area contributed by atoms with Crippen LogP contribution in [0.5, 0.6) is 0 Å². The topological polar surface area (TPSA) is 61.3 Å². The number of ether oxygens (including phenoxy) is 1. The van der Waals surface area contributed by atoms with E-state index < -0.39 is 0 Å². The molecular weight excluding hydrogens is 384 g/mol. The lowest BCUT2D eigenvalue weighted by atomic mass is 9.86. The van der Waals surface area contributed by atoms with E-state index in [0.717, 1.165) is 35.1 Å². The number of aromatic nitrogens is 1. The fourth-order valence-corrected chi connectivity index (χ4v) is 3.89. The van der Waals surface area contributed by atoms with E-state index in [4.69, 9.17) is 14.9 Å². The molecule has 2 N–H and O–H groups in total. The summed E-state index contributed by atoms with van der Waals surface area (Å²) in [5, 5.41) is 0. The molecule has 148 valence electrons. The van der Waals surface area contributed by atoms with Crippen molar-refractivity contribution < 1.29 is 9.15 Å². The quantitative estimate of drug-likeness (QED) is 0.489. The number of oxazole rings is 1. The third-order valence-corrected chi connectivity index (χ3v) is 5.47. The summed E-state index contributed by atoms with van der Waals surface area (Å²) in [6.07, 6.45) is 2.02. The van der Waals surface area contributed by atoms with Gasteiger partial charge in [0.15, 0.2) is 5.58 Å². The summed E-state index contributed by atoms with van der Waals surface area (Å²) in [5.74, 6) is 0.638. The Labute approximate surface area is 176 Å². The number of nitrogens with zero attached hydrogens (tertiary/aromatic N) is 1. The van der Waals surface area contributed by atoms with Crippen LogP contribution in [-0.2, 0) is 17.8 Å². The number of rotatable bonds is 4. The Morgan fingerprint density at radius 2 is 1.72 bits per heavy atom. The molecule has 29 heavy (non-hydrogen) atoms. The van der Waals surface area contributed by atoms with Crippen molar-refractivity contribution in [2.45, 2.75) is 31.6 Å². The van der Waals surface area contributed by atoms with Gasteiger partial charge < -0.3 is 14.9 Å². The number of fused-ring (bicyclic) bond motifs is 2. The van der Waals surface area contributed by atoms with E-state index in [2.05, 4.69) is 35.3 Å². The molecule has 1 aliphatic carbocycles. The monoisotopic (exact) mass is 406 g/mol. The summed E-state index contributed by atoms with van der Waals surface area (Å²) in [7, 11) is 0. The summed E-state index contributed by atoms with van der Waals surface area (Å²) < 4.78 is 12.0. The summed E-state index contributed by atoms with van der Waals surface area (Å²) in [6.45, 7) is 0.550. The second-order valence-electron chi connectivity index (χ2n) is 7.30. The van der Waals surface area contributed by atoms with Crippen molar-refractivity contribution in [3.63, 3.8) is 0 Å².